The van der Waals surface area contributed by atoms with Crippen molar-refractivity contribution in [3.8, 4) is 5.75 Å². The average molecular weight is 530 g/mol. The molecule has 7 nitrogen and oxygen atoms in total. The van der Waals surface area contributed by atoms with Crippen LogP contribution >= 0.6 is 11.6 Å². The van der Waals surface area contributed by atoms with Crippen LogP contribution in [0.2, 0.25) is 5.02 Å². The number of ether oxygens (including phenoxy) is 1. The predicted molar refractivity (Wildman–Crippen MR) is 141 cm³/mol. The minimum absolute atomic E-state index is 0.0839. The van der Waals surface area contributed by atoms with Gasteiger partial charge in [-0.2, -0.15) is 0 Å². The number of anilines is 1. The smallest absolute Gasteiger partial charge is 0.123 e. The third-order valence-corrected chi connectivity index (χ3v) is 6.84. The Morgan fingerprint density at radius 1 is 1.14 bits per heavy atom. The second-order valence-electron chi connectivity index (χ2n) is 9.76. The van der Waals surface area contributed by atoms with Crippen LogP contribution in [0.4, 0.5) is 10.1 Å². The molecular weight excluding hydrogens is 497 g/mol. The number of aliphatic hydroxyl groups is 3. The van der Waals surface area contributed by atoms with Crippen molar-refractivity contribution in [2.24, 2.45) is 0 Å². The fourth-order valence-corrected chi connectivity index (χ4v) is 4.83. The predicted octanol–water partition coefficient (Wildman–Crippen LogP) is 4.07. The Labute approximate surface area is 221 Å². The summed E-state index contributed by atoms with van der Waals surface area (Å²) in [6, 6.07) is 15.3. The number of hydrogen-bond acceptors (Lipinski definition) is 7. The summed E-state index contributed by atoms with van der Waals surface area (Å²) in [6.07, 6.45) is 0.849. The minimum Gasteiger partial charge on any atom is -0.491 e. The Balaban J connectivity index is 1.53. The molecule has 1 aromatic heterocycles. The molecule has 0 aliphatic carbocycles. The van der Waals surface area contributed by atoms with Crippen LogP contribution in [0.5, 0.6) is 5.75 Å². The Kier molecular flexibility index (Phi) is 8.67. The summed E-state index contributed by atoms with van der Waals surface area (Å²) in [5, 5.41) is 30.6. The van der Waals surface area contributed by atoms with Crippen molar-refractivity contribution >= 4 is 17.3 Å². The zero-order valence-electron chi connectivity index (χ0n) is 21.0. The van der Waals surface area contributed by atoms with Gasteiger partial charge in [0.15, 0.2) is 0 Å². The molecule has 1 fully saturated rings. The lowest BCUT2D eigenvalue weighted by molar-refractivity contribution is 0.0732. The quantitative estimate of drug-likeness (QED) is 0.385. The van der Waals surface area contributed by atoms with Crippen molar-refractivity contribution in [1.82, 2.24) is 9.88 Å². The molecular formula is C28H33ClFN3O4. The van der Waals surface area contributed by atoms with E-state index in [1.54, 1.807) is 50.4 Å². The average Bonchev–Trinajstić information content (AvgIpc) is 2.88. The van der Waals surface area contributed by atoms with Crippen LogP contribution in [-0.2, 0) is 5.60 Å². The number of rotatable bonds is 9. The molecule has 0 unspecified atom stereocenters. The van der Waals surface area contributed by atoms with Gasteiger partial charge in [0.05, 0.1) is 35.2 Å². The molecule has 0 bridgehead atoms. The van der Waals surface area contributed by atoms with Gasteiger partial charge in [-0.1, -0.05) is 29.8 Å². The lowest BCUT2D eigenvalue weighted by Crippen LogP contribution is -2.49. The molecule has 2 heterocycles. The van der Waals surface area contributed by atoms with E-state index in [4.69, 9.17) is 21.4 Å². The monoisotopic (exact) mass is 529 g/mol. The van der Waals surface area contributed by atoms with Gasteiger partial charge in [-0.3, -0.25) is 9.88 Å². The summed E-state index contributed by atoms with van der Waals surface area (Å²) in [5.41, 5.74) is 1.94. The first-order valence-corrected chi connectivity index (χ1v) is 12.7. The van der Waals surface area contributed by atoms with Gasteiger partial charge in [0, 0.05) is 44.0 Å². The van der Waals surface area contributed by atoms with Gasteiger partial charge in [-0.15, -0.1) is 0 Å². The van der Waals surface area contributed by atoms with Gasteiger partial charge in [0.2, 0.25) is 0 Å². The molecule has 2 aromatic carbocycles. The van der Waals surface area contributed by atoms with Crippen LogP contribution in [0.1, 0.15) is 42.8 Å². The number of benzene rings is 2. The van der Waals surface area contributed by atoms with Crippen molar-refractivity contribution in [2.45, 2.75) is 31.6 Å². The minimum atomic E-state index is -1.05. The highest BCUT2D eigenvalue weighted by atomic mass is 35.5. The van der Waals surface area contributed by atoms with Crippen molar-refractivity contribution in [3.63, 3.8) is 0 Å². The topological polar surface area (TPSA) is 89.3 Å². The first-order valence-electron chi connectivity index (χ1n) is 12.3. The summed E-state index contributed by atoms with van der Waals surface area (Å²) in [4.78, 5) is 8.67. The Morgan fingerprint density at radius 2 is 1.89 bits per heavy atom. The maximum absolute atomic E-state index is 13.7. The number of pyridine rings is 1. The van der Waals surface area contributed by atoms with E-state index in [0.717, 1.165) is 11.3 Å². The van der Waals surface area contributed by atoms with E-state index in [1.165, 1.54) is 12.1 Å². The molecule has 3 aromatic rings. The standard InChI is InChI=1S/C28H33ClFN3O4/c1-28(2,36)27-10-5-20(16-31-27)26(35)18-32-11-12-33(25(17-32)19-3-6-21(30)7-4-19)24-9-8-22(15-23(24)29)37-14-13-34/h3-10,15-16,25-26,34-36H,11-14,17-18H2,1-2H3/t25-,26+/m0/s1. The molecule has 4 rings (SSSR count). The summed E-state index contributed by atoms with van der Waals surface area (Å²) in [6.45, 7) is 5.76. The first kappa shape index (κ1) is 27.3. The second kappa shape index (κ2) is 11.8. The zero-order valence-corrected chi connectivity index (χ0v) is 21.8. The van der Waals surface area contributed by atoms with E-state index in [2.05, 4.69) is 14.8 Å². The van der Waals surface area contributed by atoms with Crippen LogP contribution in [-0.4, -0.2) is 64.6 Å². The highest BCUT2D eigenvalue weighted by Gasteiger charge is 2.31. The fourth-order valence-electron chi connectivity index (χ4n) is 4.55. The lowest BCUT2D eigenvalue weighted by atomic mass is 10.00. The Morgan fingerprint density at radius 3 is 2.51 bits per heavy atom. The molecule has 198 valence electrons. The number of hydrogen-bond donors (Lipinski definition) is 3. The Bertz CT molecular complexity index is 1170. The van der Waals surface area contributed by atoms with E-state index in [-0.39, 0.29) is 25.1 Å². The van der Waals surface area contributed by atoms with Gasteiger partial charge >= 0.3 is 0 Å². The third-order valence-electron chi connectivity index (χ3n) is 6.54. The molecule has 9 heteroatoms. The van der Waals surface area contributed by atoms with Crippen LogP contribution < -0.4 is 9.64 Å². The van der Waals surface area contributed by atoms with Gasteiger partial charge in [-0.25, -0.2) is 4.39 Å². The van der Waals surface area contributed by atoms with Crippen LogP contribution in [0, 0.1) is 5.82 Å². The number of halogens is 2. The highest BCUT2D eigenvalue weighted by Crippen LogP contribution is 2.37. The van der Waals surface area contributed by atoms with Crippen molar-refractivity contribution in [1.29, 1.82) is 0 Å². The number of nitrogens with zero attached hydrogens (tertiary/aromatic N) is 3. The van der Waals surface area contributed by atoms with Crippen LogP contribution in [0.25, 0.3) is 0 Å². The molecule has 0 saturated carbocycles. The molecule has 1 aliphatic rings. The lowest BCUT2D eigenvalue weighted by Gasteiger charge is -2.44. The van der Waals surface area contributed by atoms with E-state index < -0.39 is 11.7 Å². The van der Waals surface area contributed by atoms with Gasteiger partial charge < -0.3 is 25.0 Å². The van der Waals surface area contributed by atoms with Gasteiger partial charge in [-0.05, 0) is 49.7 Å². The number of β-amino-alcohol motifs (C(OH)–C–C–N with tert-alkyl or cyclic N) is 1. The molecule has 37 heavy (non-hydrogen) atoms. The zero-order chi connectivity index (χ0) is 26.6. The van der Waals surface area contributed by atoms with Crippen molar-refractivity contribution < 1.29 is 24.4 Å². The number of aliphatic hydroxyl groups excluding tert-OH is 2. The summed E-state index contributed by atoms with van der Waals surface area (Å²) < 4.78 is 19.2. The molecule has 2 atom stereocenters. The second-order valence-corrected chi connectivity index (χ2v) is 10.2. The fraction of sp³-hybridized carbons (Fsp3) is 0.393. The van der Waals surface area contributed by atoms with Gasteiger partial charge in [0.1, 0.15) is 23.8 Å². The van der Waals surface area contributed by atoms with E-state index >= 15 is 0 Å². The van der Waals surface area contributed by atoms with Crippen LogP contribution in [0.3, 0.4) is 0 Å². The third kappa shape index (κ3) is 6.77. The largest absolute Gasteiger partial charge is 0.491 e. The molecule has 0 spiro atoms. The normalized spacial score (nSPS) is 17.6. The maximum atomic E-state index is 13.7. The van der Waals surface area contributed by atoms with Crippen molar-refractivity contribution in [3.05, 3.63) is 88.5 Å². The molecule has 0 amide bonds. The van der Waals surface area contributed by atoms with E-state index in [0.29, 0.717) is 48.2 Å². The maximum Gasteiger partial charge on any atom is 0.123 e. The summed E-state index contributed by atoms with van der Waals surface area (Å²) >= 11 is 6.64. The number of piperazine rings is 1. The molecule has 1 saturated heterocycles. The molecule has 0 radical (unpaired) electrons. The van der Waals surface area contributed by atoms with Gasteiger partial charge in [0.25, 0.3) is 0 Å². The summed E-state index contributed by atoms with van der Waals surface area (Å²) in [7, 11) is 0. The van der Waals surface area contributed by atoms with Crippen molar-refractivity contribution in [2.75, 3.05) is 44.3 Å². The molecule has 1 aliphatic heterocycles. The number of aromatic nitrogens is 1. The first-order chi connectivity index (χ1) is 17.7. The van der Waals surface area contributed by atoms with E-state index in [1.807, 2.05) is 12.1 Å². The SMILES string of the molecule is CC(C)(O)c1ccc([C@H](O)CN2CCN(c3ccc(OCCO)cc3Cl)[C@H](c3ccc(F)cc3)C2)cn1. The van der Waals surface area contributed by atoms with Crippen LogP contribution in [0.15, 0.2) is 60.8 Å². The molecule has 3 N–H and O–H groups in total. The van der Waals surface area contributed by atoms with E-state index in [9.17, 15) is 14.6 Å². The Hall–Kier alpha value is -2.75. The summed E-state index contributed by atoms with van der Waals surface area (Å²) in [5.74, 6) is 0.274. The highest BCUT2D eigenvalue weighted by molar-refractivity contribution is 6.33.